The molecule has 0 aliphatic carbocycles. The molecule has 0 saturated carbocycles. The van der Waals surface area contributed by atoms with Crippen molar-refractivity contribution in [1.29, 1.82) is 0 Å². The monoisotopic (exact) mass is 218 g/mol. The second kappa shape index (κ2) is 3.59. The third-order valence-electron chi connectivity index (χ3n) is 1.88. The first kappa shape index (κ1) is 8.89. The van der Waals surface area contributed by atoms with Crippen LogP contribution in [-0.2, 0) is 10.8 Å². The predicted molar refractivity (Wildman–Crippen MR) is 54.4 cm³/mol. The largest absolute Gasteiger partial charge is 0.367 e. The highest BCUT2D eigenvalue weighted by Crippen LogP contribution is 2.19. The quantitative estimate of drug-likeness (QED) is 0.700. The predicted octanol–water partition coefficient (Wildman–Crippen LogP) is -0.311. The minimum absolute atomic E-state index is 0.326. The second-order valence-electron chi connectivity index (χ2n) is 2.77. The van der Waals surface area contributed by atoms with E-state index >= 15 is 0 Å². The van der Waals surface area contributed by atoms with E-state index < -0.39 is 10.8 Å². The summed E-state index contributed by atoms with van der Waals surface area (Å²) >= 11 is 1.30. The normalized spacial score (nSPS) is 19.2. The van der Waals surface area contributed by atoms with E-state index in [9.17, 15) is 4.21 Å². The van der Waals surface area contributed by atoms with Crippen LogP contribution in [0.5, 0.6) is 0 Å². The maximum Gasteiger partial charge on any atom is 0.233 e. The first-order chi connectivity index (χ1) is 6.25. The smallest absolute Gasteiger partial charge is 0.233 e. The Bertz CT molecular complexity index is 316. The lowest BCUT2D eigenvalue weighted by molar-refractivity contribution is 0.673. The molecule has 1 aliphatic heterocycles. The first-order valence-corrected chi connectivity index (χ1v) is 6.21. The van der Waals surface area contributed by atoms with Crippen molar-refractivity contribution in [2.75, 3.05) is 35.2 Å². The van der Waals surface area contributed by atoms with Crippen molar-refractivity contribution in [3.63, 3.8) is 0 Å². The Morgan fingerprint density at radius 2 is 2.15 bits per heavy atom. The highest BCUT2D eigenvalue weighted by atomic mass is 32.2. The lowest BCUT2D eigenvalue weighted by Gasteiger charge is -2.24. The molecule has 1 aliphatic rings. The van der Waals surface area contributed by atoms with Gasteiger partial charge in [0, 0.05) is 46.9 Å². The molecule has 1 fully saturated rings. The zero-order chi connectivity index (χ0) is 9.26. The fourth-order valence-electron chi connectivity index (χ4n) is 1.18. The van der Waals surface area contributed by atoms with Gasteiger partial charge in [-0.25, -0.2) is 0 Å². The van der Waals surface area contributed by atoms with Gasteiger partial charge in [-0.3, -0.25) is 4.21 Å². The lowest BCUT2D eigenvalue weighted by Crippen LogP contribution is -2.37. The van der Waals surface area contributed by atoms with Gasteiger partial charge in [0.05, 0.1) is 0 Å². The van der Waals surface area contributed by atoms with Gasteiger partial charge >= 0.3 is 0 Å². The summed E-state index contributed by atoms with van der Waals surface area (Å²) in [6.07, 6.45) is 0. The molecule has 0 atom stereocenters. The van der Waals surface area contributed by atoms with Crippen molar-refractivity contribution < 1.29 is 4.21 Å². The number of hydrogen-bond acceptors (Lipinski definition) is 6. The highest BCUT2D eigenvalue weighted by Gasteiger charge is 2.18. The Hall–Kier alpha value is -0.690. The summed E-state index contributed by atoms with van der Waals surface area (Å²) < 4.78 is 15.0. The van der Waals surface area contributed by atoms with Crippen LogP contribution in [0, 0.1) is 0 Å². The molecular weight excluding hydrogens is 208 g/mol. The fourth-order valence-corrected chi connectivity index (χ4v) is 2.88. The average Bonchev–Trinajstić information content (AvgIpc) is 2.53. The molecule has 1 aromatic rings. The molecule has 0 amide bonds. The van der Waals surface area contributed by atoms with Crippen molar-refractivity contribution in [3.05, 3.63) is 0 Å². The van der Waals surface area contributed by atoms with Gasteiger partial charge in [0.2, 0.25) is 11.1 Å². The van der Waals surface area contributed by atoms with Crippen LogP contribution in [0.4, 0.5) is 11.1 Å². The number of nitrogens with two attached hydrogens (primary N) is 1. The molecule has 0 bridgehead atoms. The van der Waals surface area contributed by atoms with Gasteiger partial charge in [-0.05, 0) is 0 Å². The van der Waals surface area contributed by atoms with Crippen LogP contribution in [0.3, 0.4) is 0 Å². The molecule has 1 saturated heterocycles. The third-order valence-corrected chi connectivity index (χ3v) is 3.95. The SMILES string of the molecule is Nc1nsc(N2CCS(=O)CC2)n1. The summed E-state index contributed by atoms with van der Waals surface area (Å²) in [7, 11) is -0.644. The van der Waals surface area contributed by atoms with Crippen LogP contribution in [0.1, 0.15) is 0 Å². The van der Waals surface area contributed by atoms with Crippen LogP contribution >= 0.6 is 11.5 Å². The summed E-state index contributed by atoms with van der Waals surface area (Å²) in [5.74, 6) is 1.77. The third kappa shape index (κ3) is 1.97. The van der Waals surface area contributed by atoms with E-state index in [-0.39, 0.29) is 0 Å². The van der Waals surface area contributed by atoms with Gasteiger partial charge in [0.25, 0.3) is 0 Å². The first-order valence-electron chi connectivity index (χ1n) is 3.95. The molecule has 1 aromatic heterocycles. The van der Waals surface area contributed by atoms with E-state index in [1.54, 1.807) is 0 Å². The number of hydrogen-bond donors (Lipinski definition) is 1. The molecule has 0 unspecified atom stereocenters. The summed E-state index contributed by atoms with van der Waals surface area (Å²) in [5.41, 5.74) is 5.41. The van der Waals surface area contributed by atoms with Crippen LogP contribution in [0.25, 0.3) is 0 Å². The van der Waals surface area contributed by atoms with E-state index in [4.69, 9.17) is 5.73 Å². The van der Waals surface area contributed by atoms with Crippen molar-refractivity contribution in [2.24, 2.45) is 0 Å². The Kier molecular flexibility index (Phi) is 2.45. The van der Waals surface area contributed by atoms with Gasteiger partial charge < -0.3 is 10.6 Å². The zero-order valence-corrected chi connectivity index (χ0v) is 8.61. The Morgan fingerprint density at radius 3 is 2.69 bits per heavy atom. The summed E-state index contributed by atoms with van der Waals surface area (Å²) in [6.45, 7) is 1.59. The fraction of sp³-hybridized carbons (Fsp3) is 0.667. The lowest BCUT2D eigenvalue weighted by atomic mass is 10.5. The molecule has 0 aromatic carbocycles. The van der Waals surface area contributed by atoms with Gasteiger partial charge in [0.15, 0.2) is 0 Å². The topological polar surface area (TPSA) is 72.1 Å². The van der Waals surface area contributed by atoms with E-state index in [1.807, 2.05) is 0 Å². The minimum Gasteiger partial charge on any atom is -0.367 e. The molecule has 5 nitrogen and oxygen atoms in total. The van der Waals surface area contributed by atoms with E-state index in [1.165, 1.54) is 11.5 Å². The Balaban J connectivity index is 2.06. The van der Waals surface area contributed by atoms with Gasteiger partial charge in [-0.15, -0.1) is 0 Å². The van der Waals surface area contributed by atoms with Crippen LogP contribution in [0.2, 0.25) is 0 Å². The number of nitrogen functional groups attached to an aromatic ring is 1. The molecule has 2 rings (SSSR count). The Labute approximate surface area is 82.6 Å². The molecule has 13 heavy (non-hydrogen) atoms. The van der Waals surface area contributed by atoms with E-state index in [0.29, 0.717) is 5.95 Å². The molecule has 72 valence electrons. The van der Waals surface area contributed by atoms with E-state index in [2.05, 4.69) is 14.3 Å². The molecule has 2 N–H and O–H groups in total. The van der Waals surface area contributed by atoms with E-state index in [0.717, 1.165) is 29.7 Å². The van der Waals surface area contributed by atoms with Gasteiger partial charge in [-0.2, -0.15) is 9.36 Å². The second-order valence-corrected chi connectivity index (χ2v) is 5.20. The highest BCUT2D eigenvalue weighted by molar-refractivity contribution is 7.85. The average molecular weight is 218 g/mol. The van der Waals surface area contributed by atoms with Crippen molar-refractivity contribution in [2.45, 2.75) is 0 Å². The zero-order valence-electron chi connectivity index (χ0n) is 6.97. The van der Waals surface area contributed by atoms with Crippen molar-refractivity contribution >= 4 is 33.4 Å². The van der Waals surface area contributed by atoms with Crippen molar-refractivity contribution in [1.82, 2.24) is 9.36 Å². The Morgan fingerprint density at radius 1 is 1.46 bits per heavy atom. The van der Waals surface area contributed by atoms with Crippen LogP contribution < -0.4 is 10.6 Å². The van der Waals surface area contributed by atoms with Gasteiger partial charge in [0.1, 0.15) is 0 Å². The molecular formula is C6H10N4OS2. The summed E-state index contributed by atoms with van der Waals surface area (Å²) in [4.78, 5) is 6.15. The number of aromatic nitrogens is 2. The number of anilines is 2. The summed E-state index contributed by atoms with van der Waals surface area (Å²) in [6, 6.07) is 0. The minimum atomic E-state index is -0.644. The van der Waals surface area contributed by atoms with Gasteiger partial charge in [-0.1, -0.05) is 0 Å². The van der Waals surface area contributed by atoms with Crippen LogP contribution in [0.15, 0.2) is 0 Å². The number of nitrogens with zero attached hydrogens (tertiary/aromatic N) is 3. The maximum absolute atomic E-state index is 11.1. The molecule has 7 heteroatoms. The number of rotatable bonds is 1. The molecule has 2 heterocycles. The molecule has 0 spiro atoms. The van der Waals surface area contributed by atoms with Crippen LogP contribution in [-0.4, -0.2) is 38.2 Å². The standard InChI is InChI=1S/C6H10N4OS2/c7-5-8-6(12-9-5)10-1-3-13(11)4-2-10/h1-4H2,(H2,7,9). The summed E-state index contributed by atoms with van der Waals surface area (Å²) in [5, 5.41) is 0.842. The molecule has 0 radical (unpaired) electrons. The maximum atomic E-state index is 11.1. The van der Waals surface area contributed by atoms with Crippen molar-refractivity contribution in [3.8, 4) is 0 Å².